The van der Waals surface area contributed by atoms with Crippen molar-refractivity contribution in [1.82, 2.24) is 0 Å². The summed E-state index contributed by atoms with van der Waals surface area (Å²) in [5, 5.41) is 86.6. The summed E-state index contributed by atoms with van der Waals surface area (Å²) in [6, 6.07) is 0. The van der Waals surface area contributed by atoms with Crippen LogP contribution >= 0.6 is 0 Å². The third-order valence-electron chi connectivity index (χ3n) is 12.9. The van der Waals surface area contributed by atoms with Gasteiger partial charge in [-0.2, -0.15) is 0 Å². The van der Waals surface area contributed by atoms with Crippen molar-refractivity contribution in [2.45, 2.75) is 147 Å². The smallest absolute Gasteiger partial charge is 0.186 e. The Morgan fingerprint density at radius 2 is 1.50 bits per heavy atom. The molecular formula is C32H56O10. The Kier molecular flexibility index (Phi) is 9.23. The molecule has 5 rings (SSSR count). The van der Waals surface area contributed by atoms with E-state index < -0.39 is 78.5 Å². The Labute approximate surface area is 250 Å². The number of aliphatic hydroxyl groups is 8. The van der Waals surface area contributed by atoms with Crippen LogP contribution in [0, 0.1) is 46.3 Å². The molecule has 0 aromatic heterocycles. The topological polar surface area (TPSA) is 180 Å². The van der Waals surface area contributed by atoms with Crippen molar-refractivity contribution in [1.29, 1.82) is 0 Å². The maximum atomic E-state index is 12.5. The Morgan fingerprint density at radius 1 is 0.833 bits per heavy atom. The van der Waals surface area contributed by atoms with Gasteiger partial charge in [-0.15, -0.1) is 0 Å². The highest BCUT2D eigenvalue weighted by Crippen LogP contribution is 2.69. The molecule has 8 N–H and O–H groups in total. The molecule has 17 atom stereocenters. The maximum Gasteiger partial charge on any atom is 0.186 e. The lowest BCUT2D eigenvalue weighted by Crippen LogP contribution is -2.70. The first kappa shape index (κ1) is 33.0. The van der Waals surface area contributed by atoms with E-state index in [1.54, 1.807) is 0 Å². The van der Waals surface area contributed by atoms with Crippen LogP contribution in [0.2, 0.25) is 0 Å². The molecule has 42 heavy (non-hydrogen) atoms. The maximum absolute atomic E-state index is 12.5. The molecule has 0 amide bonds. The van der Waals surface area contributed by atoms with Gasteiger partial charge in [0.25, 0.3) is 0 Å². The lowest BCUT2D eigenvalue weighted by molar-refractivity contribution is -0.280. The van der Waals surface area contributed by atoms with E-state index in [0.29, 0.717) is 25.7 Å². The van der Waals surface area contributed by atoms with Crippen LogP contribution in [0.4, 0.5) is 0 Å². The largest absolute Gasteiger partial charge is 0.394 e. The number of hydrogen-bond donors (Lipinski definition) is 8. The normalized spacial score (nSPS) is 53.9. The summed E-state index contributed by atoms with van der Waals surface area (Å²) >= 11 is 0. The summed E-state index contributed by atoms with van der Waals surface area (Å²) in [5.41, 5.74) is -2.14. The summed E-state index contributed by atoms with van der Waals surface area (Å²) in [6.07, 6.45) is -3.39. The van der Waals surface area contributed by atoms with E-state index >= 15 is 0 Å². The number of fused-ring (bicyclic) bond motifs is 5. The molecule has 0 aromatic carbocycles. The Hall–Kier alpha value is -0.400. The molecule has 0 spiro atoms. The number of rotatable bonds is 8. The molecule has 0 aromatic rings. The summed E-state index contributed by atoms with van der Waals surface area (Å²) < 4.78 is 11.7. The van der Waals surface area contributed by atoms with Crippen molar-refractivity contribution >= 4 is 0 Å². The minimum absolute atomic E-state index is 0.0911. The molecule has 0 radical (unpaired) electrons. The van der Waals surface area contributed by atoms with Crippen molar-refractivity contribution in [3.05, 3.63) is 0 Å². The Bertz CT molecular complexity index is 950. The predicted octanol–water partition coefficient (Wildman–Crippen LogP) is 0.930. The fourth-order valence-corrected chi connectivity index (χ4v) is 10.9. The number of hydrogen-bond acceptors (Lipinski definition) is 10. The molecule has 244 valence electrons. The van der Waals surface area contributed by atoms with E-state index in [2.05, 4.69) is 13.8 Å². The Morgan fingerprint density at radius 3 is 2.12 bits per heavy atom. The van der Waals surface area contributed by atoms with Crippen LogP contribution in [-0.2, 0) is 9.47 Å². The molecule has 10 nitrogen and oxygen atoms in total. The summed E-state index contributed by atoms with van der Waals surface area (Å²) in [6.45, 7) is 10.1. The first-order valence-corrected chi connectivity index (χ1v) is 16.3. The SMILES string of the molecule is CC(C)[C@H](CC[C@@H](C)[C@H]1CC(O)C2[C@]1(C)CC[C@@H]1[C@@]3(C)CC[C@H](O)[C@H](O)C3C(O)C[C@@]21O)O[C@@H]1O[C@H](CO)[C@H](O)[C@H]1O. The molecule has 5 fully saturated rings. The van der Waals surface area contributed by atoms with Crippen LogP contribution in [0.3, 0.4) is 0 Å². The van der Waals surface area contributed by atoms with Gasteiger partial charge in [-0.3, -0.25) is 0 Å². The van der Waals surface area contributed by atoms with Gasteiger partial charge in [-0.1, -0.05) is 34.6 Å². The van der Waals surface area contributed by atoms with Gasteiger partial charge >= 0.3 is 0 Å². The van der Waals surface area contributed by atoms with Crippen molar-refractivity contribution in [2.75, 3.05) is 6.61 Å². The van der Waals surface area contributed by atoms with E-state index in [1.807, 2.05) is 20.8 Å². The van der Waals surface area contributed by atoms with E-state index in [0.717, 1.165) is 19.3 Å². The van der Waals surface area contributed by atoms with Crippen molar-refractivity contribution in [3.8, 4) is 0 Å². The zero-order valence-corrected chi connectivity index (χ0v) is 25.9. The minimum atomic E-state index is -1.27. The van der Waals surface area contributed by atoms with Crippen molar-refractivity contribution in [3.63, 3.8) is 0 Å². The van der Waals surface area contributed by atoms with Crippen LogP contribution in [0.1, 0.15) is 86.0 Å². The molecule has 1 aliphatic heterocycles. The second-order valence-corrected chi connectivity index (χ2v) is 15.6. The van der Waals surface area contributed by atoms with Crippen LogP contribution < -0.4 is 0 Å². The minimum Gasteiger partial charge on any atom is -0.394 e. The molecule has 4 saturated carbocycles. The molecular weight excluding hydrogens is 544 g/mol. The van der Waals surface area contributed by atoms with Gasteiger partial charge in [0.2, 0.25) is 0 Å². The highest BCUT2D eigenvalue weighted by Gasteiger charge is 2.71. The standard InChI is InChI=1S/C32H56O10/c1-15(2)21(41-29-27(39)26(38)22(14-33)42-29)7-6-16(3)17-12-19(35)28-30(17,4)11-9-23-31(5)10-8-18(34)25(37)24(31)20(36)13-32(23,28)40/h15-29,33-40H,6-14H2,1-5H3/t16-,17-,18+,19?,20?,21+,22-,23-,24?,25+,26+,27-,28?,29-,30-,31-,32+/m1/s1. The number of aliphatic hydroxyl groups excluding tert-OH is 7. The average molecular weight is 601 g/mol. The Balaban J connectivity index is 1.30. The third kappa shape index (κ3) is 5.10. The zero-order valence-electron chi connectivity index (χ0n) is 25.9. The lowest BCUT2D eigenvalue weighted by Gasteiger charge is -2.66. The first-order chi connectivity index (χ1) is 19.6. The van der Waals surface area contributed by atoms with Gasteiger partial charge in [-0.05, 0) is 79.4 Å². The molecule has 0 bridgehead atoms. The van der Waals surface area contributed by atoms with Crippen LogP contribution in [-0.4, -0.2) is 108 Å². The highest BCUT2D eigenvalue weighted by atomic mass is 16.7. The van der Waals surface area contributed by atoms with Gasteiger partial charge in [0.1, 0.15) is 18.3 Å². The molecule has 1 saturated heterocycles. The molecule has 4 unspecified atom stereocenters. The number of ether oxygens (including phenoxy) is 2. The zero-order chi connectivity index (χ0) is 30.9. The van der Waals surface area contributed by atoms with E-state index in [9.17, 15) is 40.9 Å². The quantitative estimate of drug-likeness (QED) is 0.200. The summed E-state index contributed by atoms with van der Waals surface area (Å²) in [7, 11) is 0. The lowest BCUT2D eigenvalue weighted by atomic mass is 9.41. The van der Waals surface area contributed by atoms with E-state index in [-0.39, 0.29) is 41.6 Å². The molecule has 4 aliphatic carbocycles. The van der Waals surface area contributed by atoms with E-state index in [4.69, 9.17) is 9.47 Å². The second kappa shape index (κ2) is 11.8. The summed E-state index contributed by atoms with van der Waals surface area (Å²) in [4.78, 5) is 0. The van der Waals surface area contributed by atoms with E-state index in [1.165, 1.54) is 0 Å². The fourth-order valence-electron chi connectivity index (χ4n) is 10.9. The van der Waals surface area contributed by atoms with Crippen molar-refractivity contribution < 1.29 is 50.3 Å². The van der Waals surface area contributed by atoms with Gasteiger partial charge in [0, 0.05) is 18.3 Å². The van der Waals surface area contributed by atoms with Crippen LogP contribution in [0.25, 0.3) is 0 Å². The van der Waals surface area contributed by atoms with Gasteiger partial charge in [-0.25, -0.2) is 0 Å². The van der Waals surface area contributed by atoms with Crippen LogP contribution in [0.5, 0.6) is 0 Å². The summed E-state index contributed by atoms with van der Waals surface area (Å²) in [5.74, 6) is -0.623. The van der Waals surface area contributed by atoms with Crippen molar-refractivity contribution in [2.24, 2.45) is 46.3 Å². The molecule has 5 aliphatic rings. The van der Waals surface area contributed by atoms with Crippen LogP contribution in [0.15, 0.2) is 0 Å². The second-order valence-electron chi connectivity index (χ2n) is 15.6. The monoisotopic (exact) mass is 600 g/mol. The third-order valence-corrected chi connectivity index (χ3v) is 12.9. The molecule has 1 heterocycles. The van der Waals surface area contributed by atoms with Gasteiger partial charge < -0.3 is 50.3 Å². The fraction of sp³-hybridized carbons (Fsp3) is 1.00. The van der Waals surface area contributed by atoms with Gasteiger partial charge in [0.15, 0.2) is 6.29 Å². The predicted molar refractivity (Wildman–Crippen MR) is 153 cm³/mol. The average Bonchev–Trinajstić information content (AvgIpc) is 3.35. The molecule has 10 heteroatoms. The highest BCUT2D eigenvalue weighted by molar-refractivity contribution is 5.21. The van der Waals surface area contributed by atoms with Gasteiger partial charge in [0.05, 0.1) is 42.7 Å². The first-order valence-electron chi connectivity index (χ1n) is 16.3.